The first kappa shape index (κ1) is 16.5. The van der Waals surface area contributed by atoms with Crippen LogP contribution in [0.15, 0.2) is 17.2 Å². The third-order valence-corrected chi connectivity index (χ3v) is 5.01. The maximum absolute atomic E-state index is 12.3. The van der Waals surface area contributed by atoms with Gasteiger partial charge in [-0.05, 0) is 25.3 Å². The van der Waals surface area contributed by atoms with E-state index in [4.69, 9.17) is 4.74 Å². The summed E-state index contributed by atoms with van der Waals surface area (Å²) in [4.78, 5) is 3.30. The second kappa shape index (κ2) is 7.40. The monoisotopic (exact) mass is 315 g/mol. The Kier molecular flexibility index (Phi) is 5.80. The maximum atomic E-state index is 12.3. The van der Waals surface area contributed by atoms with Gasteiger partial charge >= 0.3 is 0 Å². The molecule has 0 bridgehead atoms. The maximum Gasteiger partial charge on any atom is 0.242 e. The zero-order valence-electron chi connectivity index (χ0n) is 12.7. The van der Waals surface area contributed by atoms with Crippen LogP contribution in [0.5, 0.6) is 0 Å². The van der Waals surface area contributed by atoms with E-state index in [9.17, 15) is 8.42 Å². The van der Waals surface area contributed by atoms with Gasteiger partial charge in [-0.2, -0.15) is 0 Å². The minimum Gasteiger partial charge on any atom is -0.383 e. The van der Waals surface area contributed by atoms with Crippen LogP contribution in [0.4, 0.5) is 0 Å². The Labute approximate surface area is 126 Å². The Hall–Kier alpha value is -0.890. The van der Waals surface area contributed by atoms with Gasteiger partial charge in [-0.1, -0.05) is 13.3 Å². The van der Waals surface area contributed by atoms with Crippen LogP contribution >= 0.6 is 0 Å². The number of aromatic nitrogens is 1. The van der Waals surface area contributed by atoms with Crippen molar-refractivity contribution in [3.8, 4) is 0 Å². The fourth-order valence-electron chi connectivity index (χ4n) is 2.23. The van der Waals surface area contributed by atoms with Crippen molar-refractivity contribution in [1.29, 1.82) is 0 Å². The molecule has 0 aliphatic heterocycles. The van der Waals surface area contributed by atoms with E-state index in [1.165, 1.54) is 12.8 Å². The van der Waals surface area contributed by atoms with Crippen LogP contribution in [-0.4, -0.2) is 39.2 Å². The smallest absolute Gasteiger partial charge is 0.242 e. The summed E-state index contributed by atoms with van der Waals surface area (Å²) in [6.07, 6.45) is 5.63. The van der Waals surface area contributed by atoms with Crippen LogP contribution in [0.2, 0.25) is 0 Å². The lowest BCUT2D eigenvalue weighted by molar-refractivity contribution is 0.171. The standard InChI is InChI=1S/C14H25N3O3S/c1-3-4-12(10-20-2)17-21(18,19)14-7-13(16-9-14)8-15-11-5-6-11/h7,9,11-12,15-17H,3-6,8,10H2,1-2H3. The summed E-state index contributed by atoms with van der Waals surface area (Å²) in [6, 6.07) is 2.10. The van der Waals surface area contributed by atoms with Gasteiger partial charge in [0, 0.05) is 37.6 Å². The van der Waals surface area contributed by atoms with Crippen molar-refractivity contribution < 1.29 is 13.2 Å². The van der Waals surface area contributed by atoms with E-state index >= 15 is 0 Å². The van der Waals surface area contributed by atoms with Gasteiger partial charge in [0.05, 0.1) is 11.5 Å². The summed E-state index contributed by atoms with van der Waals surface area (Å²) in [5.74, 6) is 0. The van der Waals surface area contributed by atoms with Crippen LogP contribution < -0.4 is 10.0 Å². The first-order valence-electron chi connectivity index (χ1n) is 7.47. The first-order valence-corrected chi connectivity index (χ1v) is 8.95. The zero-order valence-corrected chi connectivity index (χ0v) is 13.5. The van der Waals surface area contributed by atoms with Gasteiger partial charge in [0.25, 0.3) is 0 Å². The van der Waals surface area contributed by atoms with Crippen LogP contribution in [0, 0.1) is 0 Å². The quantitative estimate of drug-likeness (QED) is 0.609. The average Bonchev–Trinajstić information content (AvgIpc) is 3.12. The topological polar surface area (TPSA) is 83.2 Å². The molecule has 1 aromatic heterocycles. The highest BCUT2D eigenvalue weighted by Gasteiger charge is 2.22. The molecule has 1 aromatic rings. The minimum atomic E-state index is -3.50. The van der Waals surface area contributed by atoms with E-state index in [2.05, 4.69) is 15.0 Å². The van der Waals surface area contributed by atoms with Gasteiger partial charge in [-0.25, -0.2) is 13.1 Å². The van der Waals surface area contributed by atoms with Crippen molar-refractivity contribution in [3.63, 3.8) is 0 Å². The fourth-order valence-corrected chi connectivity index (χ4v) is 3.50. The van der Waals surface area contributed by atoms with Crippen molar-refractivity contribution in [1.82, 2.24) is 15.0 Å². The first-order chi connectivity index (χ1) is 10.0. The van der Waals surface area contributed by atoms with Gasteiger partial charge in [0.2, 0.25) is 10.0 Å². The van der Waals surface area contributed by atoms with Crippen molar-refractivity contribution in [2.24, 2.45) is 0 Å². The molecule has 1 aliphatic carbocycles. The number of ether oxygens (including phenoxy) is 1. The van der Waals surface area contributed by atoms with E-state index in [-0.39, 0.29) is 10.9 Å². The molecule has 0 amide bonds. The second-order valence-electron chi connectivity index (χ2n) is 5.58. The molecule has 1 atom stereocenters. The van der Waals surface area contributed by atoms with Crippen molar-refractivity contribution >= 4 is 10.0 Å². The summed E-state index contributed by atoms with van der Waals surface area (Å²) >= 11 is 0. The molecule has 0 spiro atoms. The molecule has 1 heterocycles. The lowest BCUT2D eigenvalue weighted by atomic mass is 10.2. The zero-order chi connectivity index (χ0) is 15.3. The molecule has 0 radical (unpaired) electrons. The highest BCUT2D eigenvalue weighted by molar-refractivity contribution is 7.89. The molecule has 6 nitrogen and oxygen atoms in total. The molecule has 0 aromatic carbocycles. The Morgan fingerprint density at radius 2 is 2.24 bits per heavy atom. The van der Waals surface area contributed by atoms with Gasteiger partial charge < -0.3 is 15.0 Å². The molecular formula is C14H25N3O3S. The molecule has 120 valence electrons. The normalized spacial score (nSPS) is 17.0. The lowest BCUT2D eigenvalue weighted by Crippen LogP contribution is -2.37. The second-order valence-corrected chi connectivity index (χ2v) is 7.29. The van der Waals surface area contributed by atoms with Crippen LogP contribution in [0.3, 0.4) is 0 Å². The summed E-state index contributed by atoms with van der Waals surface area (Å²) < 4.78 is 32.5. The fraction of sp³-hybridized carbons (Fsp3) is 0.714. The summed E-state index contributed by atoms with van der Waals surface area (Å²) in [5.41, 5.74) is 0.890. The van der Waals surface area contributed by atoms with Crippen molar-refractivity contribution in [2.45, 2.75) is 56.1 Å². The molecule has 1 aliphatic rings. The van der Waals surface area contributed by atoms with Gasteiger partial charge in [0.1, 0.15) is 0 Å². The SMILES string of the molecule is CCCC(COC)NS(=O)(=O)c1c[nH]c(CNC2CC2)c1. The summed E-state index contributed by atoms with van der Waals surface area (Å²) in [5, 5.41) is 3.35. The predicted molar refractivity (Wildman–Crippen MR) is 81.5 cm³/mol. The number of hydrogen-bond donors (Lipinski definition) is 3. The Morgan fingerprint density at radius 3 is 2.86 bits per heavy atom. The number of methoxy groups -OCH3 is 1. The largest absolute Gasteiger partial charge is 0.383 e. The highest BCUT2D eigenvalue weighted by Crippen LogP contribution is 2.19. The molecule has 21 heavy (non-hydrogen) atoms. The van der Waals surface area contributed by atoms with Crippen LogP contribution in [0.25, 0.3) is 0 Å². The number of hydrogen-bond acceptors (Lipinski definition) is 4. The molecule has 1 unspecified atom stereocenters. The Balaban J connectivity index is 1.96. The van der Waals surface area contributed by atoms with Gasteiger partial charge in [-0.3, -0.25) is 0 Å². The lowest BCUT2D eigenvalue weighted by Gasteiger charge is -2.16. The molecule has 1 saturated carbocycles. The summed E-state index contributed by atoms with van der Waals surface area (Å²) in [6.45, 7) is 3.08. The third-order valence-electron chi connectivity index (χ3n) is 3.51. The van der Waals surface area contributed by atoms with Crippen molar-refractivity contribution in [3.05, 3.63) is 18.0 Å². The Morgan fingerprint density at radius 1 is 1.48 bits per heavy atom. The van der Waals surface area contributed by atoms with Crippen LogP contribution in [-0.2, 0) is 21.3 Å². The predicted octanol–water partition coefficient (Wildman–Crippen LogP) is 1.36. The van der Waals surface area contributed by atoms with E-state index in [0.717, 1.165) is 18.5 Å². The van der Waals surface area contributed by atoms with E-state index in [1.807, 2.05) is 6.92 Å². The molecule has 2 rings (SSSR count). The number of nitrogens with one attached hydrogen (secondary N) is 3. The molecule has 7 heteroatoms. The number of rotatable bonds is 10. The van der Waals surface area contributed by atoms with Crippen molar-refractivity contribution in [2.75, 3.05) is 13.7 Å². The molecule has 0 saturated heterocycles. The number of sulfonamides is 1. The molecular weight excluding hydrogens is 290 g/mol. The van der Waals surface area contributed by atoms with Crippen LogP contribution in [0.1, 0.15) is 38.3 Å². The number of H-pyrrole nitrogens is 1. The summed E-state index contributed by atoms with van der Waals surface area (Å²) in [7, 11) is -1.92. The minimum absolute atomic E-state index is 0.187. The highest BCUT2D eigenvalue weighted by atomic mass is 32.2. The van der Waals surface area contributed by atoms with Gasteiger partial charge in [-0.15, -0.1) is 0 Å². The third kappa shape index (κ3) is 5.10. The van der Waals surface area contributed by atoms with Gasteiger partial charge in [0.15, 0.2) is 0 Å². The Bertz CT molecular complexity index is 531. The van der Waals surface area contributed by atoms with E-state index < -0.39 is 10.0 Å². The molecule has 1 fully saturated rings. The van der Waals surface area contributed by atoms with E-state index in [0.29, 0.717) is 19.2 Å². The van der Waals surface area contributed by atoms with E-state index in [1.54, 1.807) is 19.4 Å². The average molecular weight is 315 g/mol. The molecule has 3 N–H and O–H groups in total. The number of aromatic amines is 1.